The van der Waals surface area contributed by atoms with E-state index in [1.807, 2.05) is 0 Å². The Labute approximate surface area is 75.4 Å². The predicted octanol–water partition coefficient (Wildman–Crippen LogP) is 2.63. The monoisotopic (exact) mass is 171 g/mol. The first-order valence-electron chi connectivity index (χ1n) is 5.25. The molecule has 0 unspecified atom stereocenters. The summed E-state index contributed by atoms with van der Waals surface area (Å²) >= 11 is 0. The zero-order valence-corrected chi connectivity index (χ0v) is 7.93. The van der Waals surface area contributed by atoms with Crippen molar-refractivity contribution in [3.05, 3.63) is 0 Å². The normalized spacial score (nSPS) is 22.8. The molecular formula is C10H21NO. The number of nitrogens with two attached hydrogens (primary N) is 1. The molecular weight excluding hydrogens is 150 g/mol. The lowest BCUT2D eigenvalue weighted by Gasteiger charge is -2.13. The molecule has 2 nitrogen and oxygen atoms in total. The smallest absolute Gasteiger partial charge is 0.0707 e. The van der Waals surface area contributed by atoms with Crippen molar-refractivity contribution in [2.24, 2.45) is 11.8 Å². The van der Waals surface area contributed by atoms with Crippen LogP contribution in [0.2, 0.25) is 0 Å². The van der Waals surface area contributed by atoms with Gasteiger partial charge in [0.15, 0.2) is 0 Å². The fraction of sp³-hybridized carbons (Fsp3) is 1.00. The maximum Gasteiger partial charge on any atom is 0.0707 e. The molecule has 0 aromatic heterocycles. The quantitative estimate of drug-likeness (QED) is 0.648. The van der Waals surface area contributed by atoms with E-state index in [1.165, 1.54) is 51.4 Å². The Morgan fingerprint density at radius 2 is 1.42 bits per heavy atom. The van der Waals surface area contributed by atoms with Crippen LogP contribution in [0.3, 0.4) is 0 Å². The van der Waals surface area contributed by atoms with Gasteiger partial charge in [-0.1, -0.05) is 38.5 Å². The highest BCUT2D eigenvalue weighted by Crippen LogP contribution is 2.21. The van der Waals surface area contributed by atoms with Crippen LogP contribution in [0.25, 0.3) is 0 Å². The van der Waals surface area contributed by atoms with E-state index in [4.69, 9.17) is 10.7 Å². The fourth-order valence-corrected chi connectivity index (χ4v) is 2.02. The van der Waals surface area contributed by atoms with Crippen LogP contribution in [0.1, 0.15) is 51.4 Å². The summed E-state index contributed by atoms with van der Waals surface area (Å²) < 4.78 is 0. The summed E-state index contributed by atoms with van der Waals surface area (Å²) in [7, 11) is 0. The molecule has 0 bridgehead atoms. The van der Waals surface area contributed by atoms with Crippen LogP contribution in [-0.2, 0) is 4.84 Å². The minimum Gasteiger partial charge on any atom is -0.304 e. The van der Waals surface area contributed by atoms with Gasteiger partial charge < -0.3 is 4.84 Å². The Bertz CT molecular complexity index is 96.0. The minimum atomic E-state index is 0.730. The molecule has 0 aliphatic heterocycles. The van der Waals surface area contributed by atoms with Gasteiger partial charge in [0.1, 0.15) is 0 Å². The van der Waals surface area contributed by atoms with Crippen LogP contribution < -0.4 is 5.90 Å². The summed E-state index contributed by atoms with van der Waals surface area (Å²) in [5.74, 6) is 5.82. The van der Waals surface area contributed by atoms with Gasteiger partial charge >= 0.3 is 0 Å². The molecule has 1 rings (SSSR count). The van der Waals surface area contributed by atoms with E-state index >= 15 is 0 Å². The lowest BCUT2D eigenvalue weighted by Crippen LogP contribution is -2.12. The molecule has 72 valence electrons. The molecule has 0 atom stereocenters. The maximum absolute atomic E-state index is 5.09. The SMILES string of the molecule is NOCC1CCCCCCCC1. The Balaban J connectivity index is 2.19. The molecule has 1 aliphatic carbocycles. The number of rotatable bonds is 2. The summed E-state index contributed by atoms with van der Waals surface area (Å²) in [5.41, 5.74) is 0. The van der Waals surface area contributed by atoms with Gasteiger partial charge in [-0.25, -0.2) is 5.90 Å². The summed E-state index contributed by atoms with van der Waals surface area (Å²) in [5, 5.41) is 0. The third kappa shape index (κ3) is 4.07. The van der Waals surface area contributed by atoms with Crippen molar-refractivity contribution in [3.63, 3.8) is 0 Å². The van der Waals surface area contributed by atoms with Crippen LogP contribution in [0.5, 0.6) is 0 Å². The van der Waals surface area contributed by atoms with Gasteiger partial charge in [-0.3, -0.25) is 0 Å². The predicted molar refractivity (Wildman–Crippen MR) is 50.6 cm³/mol. The average Bonchev–Trinajstić information content (AvgIpc) is 2.19. The zero-order valence-electron chi connectivity index (χ0n) is 7.93. The molecule has 2 N–H and O–H groups in total. The maximum atomic E-state index is 5.09. The van der Waals surface area contributed by atoms with Crippen molar-refractivity contribution < 1.29 is 4.84 Å². The lowest BCUT2D eigenvalue weighted by molar-refractivity contribution is 0.0933. The fourth-order valence-electron chi connectivity index (χ4n) is 2.02. The Morgan fingerprint density at radius 3 is 1.92 bits per heavy atom. The summed E-state index contributed by atoms with van der Waals surface area (Å²) in [4.78, 5) is 4.72. The van der Waals surface area contributed by atoms with E-state index in [1.54, 1.807) is 0 Å². The van der Waals surface area contributed by atoms with Gasteiger partial charge in [0.2, 0.25) is 0 Å². The summed E-state index contributed by atoms with van der Waals surface area (Å²) in [6.07, 6.45) is 11.0. The molecule has 0 heterocycles. The standard InChI is InChI=1S/C10H21NO/c11-12-9-10-7-5-3-1-2-4-6-8-10/h10H,1-9,11H2. The number of hydrogen-bond acceptors (Lipinski definition) is 2. The second-order valence-corrected chi connectivity index (χ2v) is 3.90. The number of hydrogen-bond donors (Lipinski definition) is 1. The van der Waals surface area contributed by atoms with Crippen LogP contribution >= 0.6 is 0 Å². The van der Waals surface area contributed by atoms with Crippen LogP contribution in [0.4, 0.5) is 0 Å². The summed E-state index contributed by atoms with van der Waals surface area (Å²) in [6, 6.07) is 0. The topological polar surface area (TPSA) is 35.2 Å². The first-order valence-corrected chi connectivity index (χ1v) is 5.25. The van der Waals surface area contributed by atoms with E-state index < -0.39 is 0 Å². The van der Waals surface area contributed by atoms with Gasteiger partial charge in [0.05, 0.1) is 6.61 Å². The van der Waals surface area contributed by atoms with E-state index in [-0.39, 0.29) is 0 Å². The highest BCUT2D eigenvalue weighted by Gasteiger charge is 2.09. The van der Waals surface area contributed by atoms with E-state index in [0.717, 1.165) is 12.5 Å². The van der Waals surface area contributed by atoms with E-state index in [9.17, 15) is 0 Å². The first kappa shape index (κ1) is 10.0. The molecule has 0 radical (unpaired) electrons. The van der Waals surface area contributed by atoms with Crippen molar-refractivity contribution in [1.29, 1.82) is 0 Å². The highest BCUT2D eigenvalue weighted by atomic mass is 16.6. The average molecular weight is 171 g/mol. The third-order valence-electron chi connectivity index (χ3n) is 2.81. The second kappa shape index (κ2) is 6.44. The Kier molecular flexibility index (Phi) is 5.37. The largest absolute Gasteiger partial charge is 0.304 e. The second-order valence-electron chi connectivity index (χ2n) is 3.90. The van der Waals surface area contributed by atoms with Crippen molar-refractivity contribution in [3.8, 4) is 0 Å². The van der Waals surface area contributed by atoms with Gasteiger partial charge in [0, 0.05) is 0 Å². The first-order chi connectivity index (χ1) is 5.93. The van der Waals surface area contributed by atoms with Crippen LogP contribution in [0.15, 0.2) is 0 Å². The molecule has 2 heteroatoms. The molecule has 12 heavy (non-hydrogen) atoms. The molecule has 0 amide bonds. The molecule has 0 aromatic rings. The van der Waals surface area contributed by atoms with Crippen LogP contribution in [0, 0.1) is 5.92 Å². The van der Waals surface area contributed by atoms with Crippen molar-refractivity contribution in [2.45, 2.75) is 51.4 Å². The van der Waals surface area contributed by atoms with Crippen molar-refractivity contribution in [2.75, 3.05) is 6.61 Å². The molecule has 0 saturated heterocycles. The molecule has 0 aromatic carbocycles. The molecule has 0 spiro atoms. The van der Waals surface area contributed by atoms with Crippen molar-refractivity contribution in [1.82, 2.24) is 0 Å². The van der Waals surface area contributed by atoms with Gasteiger partial charge in [-0.2, -0.15) is 0 Å². The van der Waals surface area contributed by atoms with Crippen molar-refractivity contribution >= 4 is 0 Å². The highest BCUT2D eigenvalue weighted by molar-refractivity contribution is 4.61. The van der Waals surface area contributed by atoms with E-state index in [2.05, 4.69) is 0 Å². The Morgan fingerprint density at radius 1 is 0.917 bits per heavy atom. The molecule has 1 fully saturated rings. The minimum absolute atomic E-state index is 0.730. The third-order valence-corrected chi connectivity index (χ3v) is 2.81. The van der Waals surface area contributed by atoms with E-state index in [0.29, 0.717) is 0 Å². The lowest BCUT2D eigenvalue weighted by atomic mass is 9.98. The molecule has 1 saturated carbocycles. The molecule has 1 aliphatic rings. The van der Waals surface area contributed by atoms with Gasteiger partial charge in [-0.05, 0) is 18.8 Å². The summed E-state index contributed by atoms with van der Waals surface area (Å²) in [6.45, 7) is 0.764. The van der Waals surface area contributed by atoms with Crippen LogP contribution in [-0.4, -0.2) is 6.61 Å². The van der Waals surface area contributed by atoms with Gasteiger partial charge in [-0.15, -0.1) is 0 Å². The van der Waals surface area contributed by atoms with Gasteiger partial charge in [0.25, 0.3) is 0 Å². The zero-order chi connectivity index (χ0) is 8.65. The Hall–Kier alpha value is -0.0800.